The summed E-state index contributed by atoms with van der Waals surface area (Å²) >= 11 is 0. The third-order valence-corrected chi connectivity index (χ3v) is 14.6. The number of amides is 4. The molecule has 4 amide bonds. The summed E-state index contributed by atoms with van der Waals surface area (Å²) in [5.41, 5.74) is 1.46. The Labute approximate surface area is 366 Å². The lowest BCUT2D eigenvalue weighted by Gasteiger charge is -2.30. The van der Waals surface area contributed by atoms with E-state index in [9.17, 15) is 27.6 Å². The Hall–Kier alpha value is -5.64. The number of benzene rings is 2. The topological polar surface area (TPSA) is 195 Å². The number of para-hydroxylation sites is 1. The molecule has 5 atom stereocenters. The molecule has 1 saturated heterocycles. The van der Waals surface area contributed by atoms with E-state index in [2.05, 4.69) is 15.4 Å². The number of nitrogens with zero attached hydrogens (tertiary/aromatic N) is 2. The molecule has 0 bridgehead atoms. The summed E-state index contributed by atoms with van der Waals surface area (Å²) in [7, 11) is -3.92. The first-order valence-electron chi connectivity index (χ1n) is 22.5. The standard InChI is InChI=1S/C47H55N5O10S/c1-28(2)59-32-20-18-29(19-21-32)37-25-40(42-41(48-37)35-15-10-11-17-39(35)62-42)60-33-24-38-43(53)50-47(45(55)51-63(57,58)34-22-23-34)26-30(47)12-6-4-3-5-7-16-36(44(54)52(38)27-33)49-46(56)61-31-13-8-9-14-31/h6,10-12,15,17-21,25,28,30-31,33-34,36,38H,3-5,7-9,13-14,16,22-24,26-27H2,1-2H3,(H,49,56)(H,50,53)(H,51,55)/b12-6-/t30-,33-,36+,38+,47-/m1/s1. The lowest BCUT2D eigenvalue weighted by molar-refractivity contribution is -0.141. The van der Waals surface area contributed by atoms with E-state index in [1.165, 1.54) is 4.90 Å². The molecule has 0 unspecified atom stereocenters. The molecule has 4 aromatic rings. The number of rotatable bonds is 10. The highest BCUT2D eigenvalue weighted by Crippen LogP contribution is 2.46. The average Bonchev–Trinajstić information content (AvgIpc) is 4.06. The van der Waals surface area contributed by atoms with Crippen LogP contribution in [0.4, 0.5) is 4.79 Å². The van der Waals surface area contributed by atoms with Crippen LogP contribution in [-0.4, -0.2) is 89.8 Å². The van der Waals surface area contributed by atoms with Gasteiger partial charge in [-0.25, -0.2) is 18.2 Å². The minimum Gasteiger partial charge on any atom is -0.491 e. The Balaban J connectivity index is 1.05. The molecular weight excluding hydrogens is 827 g/mol. The van der Waals surface area contributed by atoms with E-state index in [4.69, 9.17) is 23.6 Å². The first-order valence-corrected chi connectivity index (χ1v) is 24.0. The number of carbonyl (C=O) groups excluding carboxylic acids is 4. The molecule has 334 valence electrons. The SMILES string of the molecule is CC(C)Oc1ccc(-c2cc(O[C@@H]3C[C@H]4C(=O)N[C@]5(C(=O)NS(=O)(=O)C6CC6)C[C@H]5/C=C\CCCCC[C@H](NC(=O)OC5CCCC5)C(=O)N4C3)c3oc4ccccc4c3n2)cc1. The molecule has 0 spiro atoms. The molecule has 4 heterocycles. The first kappa shape index (κ1) is 42.7. The molecule has 4 fully saturated rings. The fourth-order valence-corrected chi connectivity index (χ4v) is 10.6. The van der Waals surface area contributed by atoms with Gasteiger partial charge in [-0.3, -0.25) is 19.1 Å². The van der Waals surface area contributed by atoms with Crippen LogP contribution in [-0.2, 0) is 29.1 Å². The van der Waals surface area contributed by atoms with Crippen LogP contribution in [0.5, 0.6) is 11.5 Å². The molecule has 63 heavy (non-hydrogen) atoms. The molecule has 2 aromatic carbocycles. The largest absolute Gasteiger partial charge is 0.491 e. The van der Waals surface area contributed by atoms with E-state index in [1.807, 2.05) is 74.5 Å². The van der Waals surface area contributed by atoms with Crippen LogP contribution in [0.1, 0.15) is 97.3 Å². The molecule has 9 rings (SSSR count). The van der Waals surface area contributed by atoms with Crippen molar-refractivity contribution in [2.75, 3.05) is 6.54 Å². The first-order chi connectivity index (χ1) is 30.4. The zero-order valence-corrected chi connectivity index (χ0v) is 36.5. The van der Waals surface area contributed by atoms with E-state index in [-0.39, 0.29) is 31.6 Å². The molecule has 5 aliphatic rings. The van der Waals surface area contributed by atoms with Crippen molar-refractivity contribution in [2.45, 2.75) is 139 Å². The van der Waals surface area contributed by atoms with Crippen molar-refractivity contribution in [1.82, 2.24) is 25.2 Å². The lowest BCUT2D eigenvalue weighted by atomic mass is 10.0. The van der Waals surface area contributed by atoms with Gasteiger partial charge in [-0.2, -0.15) is 0 Å². The van der Waals surface area contributed by atoms with Gasteiger partial charge >= 0.3 is 6.09 Å². The molecule has 16 heteroatoms. The van der Waals surface area contributed by atoms with Crippen molar-refractivity contribution in [3.63, 3.8) is 0 Å². The number of pyridine rings is 1. The number of aromatic nitrogens is 1. The van der Waals surface area contributed by atoms with E-state index in [0.29, 0.717) is 66.0 Å². The number of furan rings is 1. The second-order valence-corrected chi connectivity index (χ2v) is 19.9. The van der Waals surface area contributed by atoms with Gasteiger partial charge in [-0.05, 0) is 114 Å². The number of ether oxygens (including phenoxy) is 3. The van der Waals surface area contributed by atoms with Crippen LogP contribution in [0.15, 0.2) is 71.2 Å². The summed E-state index contributed by atoms with van der Waals surface area (Å²) in [6, 6.07) is 14.8. The predicted molar refractivity (Wildman–Crippen MR) is 234 cm³/mol. The molecule has 2 aromatic heterocycles. The second kappa shape index (κ2) is 17.5. The number of sulfonamides is 1. The van der Waals surface area contributed by atoms with Crippen LogP contribution < -0.4 is 24.8 Å². The predicted octanol–water partition coefficient (Wildman–Crippen LogP) is 6.82. The van der Waals surface area contributed by atoms with Gasteiger partial charge in [-0.15, -0.1) is 0 Å². The third kappa shape index (κ3) is 9.23. The number of hydrogen-bond acceptors (Lipinski definition) is 11. The molecule has 3 N–H and O–H groups in total. The van der Waals surface area contributed by atoms with E-state index in [1.54, 1.807) is 6.07 Å². The summed E-state index contributed by atoms with van der Waals surface area (Å²) < 4.78 is 53.0. The lowest BCUT2D eigenvalue weighted by Crippen LogP contribution is -2.58. The fourth-order valence-electron chi connectivity index (χ4n) is 9.22. The van der Waals surface area contributed by atoms with Crippen molar-refractivity contribution in [3.05, 3.63) is 66.7 Å². The number of allylic oxidation sites excluding steroid dienone is 1. The maximum absolute atomic E-state index is 14.8. The number of hydrogen-bond donors (Lipinski definition) is 3. The fraction of sp³-hybridized carbons (Fsp3) is 0.511. The van der Waals surface area contributed by atoms with Crippen LogP contribution >= 0.6 is 0 Å². The van der Waals surface area contributed by atoms with Gasteiger partial charge < -0.3 is 34.2 Å². The quantitative estimate of drug-likeness (QED) is 0.141. The van der Waals surface area contributed by atoms with Crippen molar-refractivity contribution in [1.29, 1.82) is 0 Å². The van der Waals surface area contributed by atoms with E-state index >= 15 is 0 Å². The highest BCUT2D eigenvalue weighted by atomic mass is 32.2. The number of carbonyl (C=O) groups is 4. The summed E-state index contributed by atoms with van der Waals surface area (Å²) in [6.45, 7) is 3.89. The smallest absolute Gasteiger partial charge is 0.408 e. The van der Waals surface area contributed by atoms with Crippen molar-refractivity contribution in [3.8, 4) is 22.8 Å². The molecule has 3 aliphatic carbocycles. The van der Waals surface area contributed by atoms with Gasteiger partial charge in [0.2, 0.25) is 21.8 Å². The number of alkyl carbamates (subject to hydrolysis) is 1. The molecular formula is C47H55N5O10S. The highest BCUT2D eigenvalue weighted by molar-refractivity contribution is 7.91. The van der Waals surface area contributed by atoms with Crippen LogP contribution in [0.2, 0.25) is 0 Å². The molecule has 15 nitrogen and oxygen atoms in total. The van der Waals surface area contributed by atoms with E-state index in [0.717, 1.165) is 49.5 Å². The Bertz CT molecular complexity index is 2530. The highest BCUT2D eigenvalue weighted by Gasteiger charge is 2.62. The van der Waals surface area contributed by atoms with Crippen molar-refractivity contribution >= 4 is 55.9 Å². The van der Waals surface area contributed by atoms with Gasteiger partial charge in [0, 0.05) is 29.4 Å². The molecule has 2 aliphatic heterocycles. The van der Waals surface area contributed by atoms with Gasteiger partial charge in [0.05, 0.1) is 23.6 Å². The zero-order valence-electron chi connectivity index (χ0n) is 35.7. The van der Waals surface area contributed by atoms with Crippen molar-refractivity contribution in [2.24, 2.45) is 5.92 Å². The Morgan fingerprint density at radius 2 is 1.71 bits per heavy atom. The normalized spacial score (nSPS) is 26.3. The Morgan fingerprint density at radius 3 is 2.48 bits per heavy atom. The Morgan fingerprint density at radius 1 is 0.952 bits per heavy atom. The van der Waals surface area contributed by atoms with Crippen molar-refractivity contribution < 1.29 is 46.2 Å². The molecule has 3 saturated carbocycles. The van der Waals surface area contributed by atoms with Gasteiger partial charge in [0.15, 0.2) is 11.3 Å². The number of nitrogens with one attached hydrogen (secondary N) is 3. The van der Waals surface area contributed by atoms with E-state index < -0.39 is 68.7 Å². The zero-order chi connectivity index (χ0) is 43.9. The summed E-state index contributed by atoms with van der Waals surface area (Å²) in [4.78, 5) is 63.2. The number of fused-ring (bicyclic) bond motifs is 5. The summed E-state index contributed by atoms with van der Waals surface area (Å²) in [5.74, 6) is -1.26. The van der Waals surface area contributed by atoms with Crippen LogP contribution in [0.3, 0.4) is 0 Å². The minimum absolute atomic E-state index is 0.00252. The average molecular weight is 882 g/mol. The Kier molecular flexibility index (Phi) is 11.8. The molecule has 0 radical (unpaired) electrons. The van der Waals surface area contributed by atoms with Gasteiger partial charge in [-0.1, -0.05) is 37.1 Å². The van der Waals surface area contributed by atoms with Crippen LogP contribution in [0.25, 0.3) is 33.3 Å². The second-order valence-electron chi connectivity index (χ2n) is 18.0. The third-order valence-electron chi connectivity index (χ3n) is 12.8. The summed E-state index contributed by atoms with van der Waals surface area (Å²) in [5, 5.41) is 5.91. The maximum Gasteiger partial charge on any atom is 0.408 e. The van der Waals surface area contributed by atoms with Crippen LogP contribution in [0, 0.1) is 5.92 Å². The summed E-state index contributed by atoms with van der Waals surface area (Å²) in [6.07, 6.45) is 10.00. The maximum atomic E-state index is 14.8. The monoisotopic (exact) mass is 881 g/mol. The van der Waals surface area contributed by atoms with Gasteiger partial charge in [0.25, 0.3) is 5.91 Å². The van der Waals surface area contributed by atoms with Gasteiger partial charge in [0.1, 0.15) is 46.7 Å². The minimum atomic E-state index is -3.92.